The smallest absolute Gasteiger partial charge is 0.232 e. The second kappa shape index (κ2) is 4.95. The lowest BCUT2D eigenvalue weighted by Crippen LogP contribution is -1.99. The standard InChI is InChI=1S/C9H5BrCl2N4/c10-5-2-1-3-6(4-5)13-9-15-7(11)14-8(12)16-9/h1-4H,(H,13,14,15,16). The van der Waals surface area contributed by atoms with Gasteiger partial charge in [-0.05, 0) is 41.4 Å². The van der Waals surface area contributed by atoms with Crippen molar-refractivity contribution in [3.8, 4) is 0 Å². The Morgan fingerprint density at radius 3 is 2.38 bits per heavy atom. The maximum Gasteiger partial charge on any atom is 0.232 e. The summed E-state index contributed by atoms with van der Waals surface area (Å²) in [5.41, 5.74) is 0.827. The highest BCUT2D eigenvalue weighted by molar-refractivity contribution is 9.10. The topological polar surface area (TPSA) is 50.7 Å². The van der Waals surface area contributed by atoms with Crippen LogP contribution in [0.2, 0.25) is 10.6 Å². The zero-order valence-electron chi connectivity index (χ0n) is 7.78. The van der Waals surface area contributed by atoms with Crippen molar-refractivity contribution in [2.45, 2.75) is 0 Å². The molecule has 0 amide bonds. The van der Waals surface area contributed by atoms with Gasteiger partial charge < -0.3 is 5.32 Å². The Bertz CT molecular complexity index is 500. The summed E-state index contributed by atoms with van der Waals surface area (Å²) >= 11 is 14.7. The molecule has 0 fully saturated rings. The van der Waals surface area contributed by atoms with Crippen LogP contribution >= 0.6 is 39.1 Å². The first-order valence-electron chi connectivity index (χ1n) is 4.23. The molecule has 0 saturated carbocycles. The van der Waals surface area contributed by atoms with Crippen LogP contribution in [0.15, 0.2) is 28.7 Å². The van der Waals surface area contributed by atoms with Gasteiger partial charge in [-0.2, -0.15) is 15.0 Å². The van der Waals surface area contributed by atoms with Crippen molar-refractivity contribution in [2.24, 2.45) is 0 Å². The second-order valence-corrected chi connectivity index (χ2v) is 4.42. The third kappa shape index (κ3) is 3.04. The Balaban J connectivity index is 2.27. The quantitative estimate of drug-likeness (QED) is 0.917. The third-order valence-electron chi connectivity index (χ3n) is 1.66. The van der Waals surface area contributed by atoms with Crippen molar-refractivity contribution in [3.05, 3.63) is 39.3 Å². The molecule has 2 aromatic rings. The van der Waals surface area contributed by atoms with E-state index in [-0.39, 0.29) is 10.6 Å². The highest BCUT2D eigenvalue weighted by atomic mass is 79.9. The molecule has 0 unspecified atom stereocenters. The number of aromatic nitrogens is 3. The number of nitrogens with zero attached hydrogens (tertiary/aromatic N) is 3. The monoisotopic (exact) mass is 318 g/mol. The van der Waals surface area contributed by atoms with E-state index in [9.17, 15) is 0 Å². The molecule has 0 aliphatic carbocycles. The molecule has 16 heavy (non-hydrogen) atoms. The summed E-state index contributed by atoms with van der Waals surface area (Å²) in [6, 6.07) is 7.55. The second-order valence-electron chi connectivity index (χ2n) is 2.83. The SMILES string of the molecule is Clc1nc(Cl)nc(Nc2cccc(Br)c2)n1. The van der Waals surface area contributed by atoms with Gasteiger partial charge in [0.1, 0.15) is 0 Å². The minimum Gasteiger partial charge on any atom is -0.324 e. The van der Waals surface area contributed by atoms with Crippen LogP contribution in [0.3, 0.4) is 0 Å². The van der Waals surface area contributed by atoms with E-state index in [1.165, 1.54) is 0 Å². The van der Waals surface area contributed by atoms with Gasteiger partial charge in [-0.1, -0.05) is 22.0 Å². The Labute approximate surface area is 110 Å². The molecule has 1 aromatic carbocycles. The highest BCUT2D eigenvalue weighted by Crippen LogP contribution is 2.19. The molecule has 0 aliphatic heterocycles. The number of anilines is 2. The van der Waals surface area contributed by atoms with Gasteiger partial charge in [0.25, 0.3) is 0 Å². The van der Waals surface area contributed by atoms with Crippen LogP contribution in [-0.4, -0.2) is 15.0 Å². The summed E-state index contributed by atoms with van der Waals surface area (Å²) in [7, 11) is 0. The van der Waals surface area contributed by atoms with E-state index in [1.807, 2.05) is 24.3 Å². The van der Waals surface area contributed by atoms with Crippen molar-refractivity contribution in [1.29, 1.82) is 0 Å². The van der Waals surface area contributed by atoms with Crippen LogP contribution in [0.5, 0.6) is 0 Å². The minimum absolute atomic E-state index is 0.0532. The van der Waals surface area contributed by atoms with Gasteiger partial charge >= 0.3 is 0 Å². The number of nitrogens with one attached hydrogen (secondary N) is 1. The summed E-state index contributed by atoms with van der Waals surface area (Å²) in [6.45, 7) is 0. The zero-order chi connectivity index (χ0) is 11.5. The highest BCUT2D eigenvalue weighted by Gasteiger charge is 2.03. The number of halogens is 3. The molecule has 0 aliphatic rings. The van der Waals surface area contributed by atoms with E-state index in [4.69, 9.17) is 23.2 Å². The molecule has 0 radical (unpaired) electrons. The summed E-state index contributed by atoms with van der Waals surface area (Å²) in [5.74, 6) is 0.308. The summed E-state index contributed by atoms with van der Waals surface area (Å²) in [6.07, 6.45) is 0. The Morgan fingerprint density at radius 2 is 1.75 bits per heavy atom. The molecule has 7 heteroatoms. The van der Waals surface area contributed by atoms with Gasteiger partial charge in [0.05, 0.1) is 0 Å². The van der Waals surface area contributed by atoms with Gasteiger partial charge in [-0.25, -0.2) is 0 Å². The summed E-state index contributed by atoms with van der Waals surface area (Å²) in [5, 5.41) is 3.07. The van der Waals surface area contributed by atoms with E-state index in [0.717, 1.165) is 10.2 Å². The molecular formula is C9H5BrCl2N4. The average Bonchev–Trinajstić information content (AvgIpc) is 2.15. The molecule has 0 spiro atoms. The molecule has 4 nitrogen and oxygen atoms in total. The number of benzene rings is 1. The molecule has 1 aromatic heterocycles. The van der Waals surface area contributed by atoms with Crippen LogP contribution in [0.4, 0.5) is 11.6 Å². The van der Waals surface area contributed by atoms with Crippen molar-refractivity contribution in [2.75, 3.05) is 5.32 Å². The first kappa shape index (κ1) is 11.6. The van der Waals surface area contributed by atoms with Crippen LogP contribution in [-0.2, 0) is 0 Å². The first-order chi connectivity index (χ1) is 7.63. The molecular weight excluding hydrogens is 315 g/mol. The first-order valence-corrected chi connectivity index (χ1v) is 5.78. The van der Waals surface area contributed by atoms with E-state index in [0.29, 0.717) is 5.95 Å². The Kier molecular flexibility index (Phi) is 3.58. The predicted molar refractivity (Wildman–Crippen MR) is 67.3 cm³/mol. The van der Waals surface area contributed by atoms with Crippen LogP contribution in [0.25, 0.3) is 0 Å². The molecule has 82 valence electrons. The van der Waals surface area contributed by atoms with Crippen molar-refractivity contribution in [1.82, 2.24) is 15.0 Å². The largest absolute Gasteiger partial charge is 0.324 e. The van der Waals surface area contributed by atoms with Crippen LogP contribution in [0, 0.1) is 0 Å². The number of hydrogen-bond donors (Lipinski definition) is 1. The number of rotatable bonds is 2. The minimum atomic E-state index is 0.0532. The van der Waals surface area contributed by atoms with Crippen molar-refractivity contribution in [3.63, 3.8) is 0 Å². The maximum absolute atomic E-state index is 5.65. The normalized spacial score (nSPS) is 10.2. The molecule has 0 saturated heterocycles. The molecule has 1 heterocycles. The Morgan fingerprint density at radius 1 is 1.06 bits per heavy atom. The van der Waals surface area contributed by atoms with E-state index < -0.39 is 0 Å². The van der Waals surface area contributed by atoms with E-state index in [2.05, 4.69) is 36.2 Å². The molecule has 0 atom stereocenters. The van der Waals surface area contributed by atoms with Gasteiger partial charge in [0.2, 0.25) is 16.5 Å². The van der Waals surface area contributed by atoms with Crippen molar-refractivity contribution >= 4 is 50.8 Å². The fraction of sp³-hybridized carbons (Fsp3) is 0. The lowest BCUT2D eigenvalue weighted by molar-refractivity contribution is 1.05. The van der Waals surface area contributed by atoms with Gasteiger partial charge in [0, 0.05) is 10.2 Å². The predicted octanol–water partition coefficient (Wildman–Crippen LogP) is 3.68. The fourth-order valence-corrected chi connectivity index (χ4v) is 1.84. The van der Waals surface area contributed by atoms with Crippen LogP contribution in [0.1, 0.15) is 0 Å². The maximum atomic E-state index is 5.65. The van der Waals surface area contributed by atoms with E-state index >= 15 is 0 Å². The third-order valence-corrected chi connectivity index (χ3v) is 2.49. The fourth-order valence-electron chi connectivity index (χ4n) is 1.08. The molecule has 2 rings (SSSR count). The summed E-state index contributed by atoms with van der Waals surface area (Å²) in [4.78, 5) is 11.4. The van der Waals surface area contributed by atoms with Crippen LogP contribution < -0.4 is 5.32 Å². The van der Waals surface area contributed by atoms with Gasteiger partial charge in [0.15, 0.2) is 0 Å². The Hall–Kier alpha value is -0.910. The average molecular weight is 320 g/mol. The lowest BCUT2D eigenvalue weighted by Gasteiger charge is -2.04. The van der Waals surface area contributed by atoms with Crippen molar-refractivity contribution < 1.29 is 0 Å². The number of hydrogen-bond acceptors (Lipinski definition) is 4. The lowest BCUT2D eigenvalue weighted by atomic mass is 10.3. The molecule has 1 N–H and O–H groups in total. The van der Waals surface area contributed by atoms with Gasteiger partial charge in [-0.15, -0.1) is 0 Å². The van der Waals surface area contributed by atoms with Gasteiger partial charge in [-0.3, -0.25) is 0 Å². The summed E-state index contributed by atoms with van der Waals surface area (Å²) < 4.78 is 0.948. The zero-order valence-corrected chi connectivity index (χ0v) is 10.9. The van der Waals surface area contributed by atoms with E-state index in [1.54, 1.807) is 0 Å². The molecule has 0 bridgehead atoms.